The number of ether oxygens (including phenoxy) is 1. The van der Waals surface area contributed by atoms with Gasteiger partial charge in [0.15, 0.2) is 0 Å². The fourth-order valence-electron chi connectivity index (χ4n) is 3.49. The van der Waals surface area contributed by atoms with Gasteiger partial charge in [0.2, 0.25) is 15.6 Å². The molecule has 1 heterocycles. The summed E-state index contributed by atoms with van der Waals surface area (Å²) in [5, 5.41) is 3.50. The summed E-state index contributed by atoms with van der Waals surface area (Å²) in [6.45, 7) is 3.79. The van der Waals surface area contributed by atoms with E-state index in [2.05, 4.69) is 5.32 Å². The maximum atomic E-state index is 13.7. The Hall–Kier alpha value is -3.62. The molecule has 0 amide bonds. The second-order valence-electron chi connectivity index (χ2n) is 7.82. The van der Waals surface area contributed by atoms with Gasteiger partial charge in [0, 0.05) is 11.3 Å². The van der Waals surface area contributed by atoms with Gasteiger partial charge in [0.25, 0.3) is 0 Å². The number of carbonyl (C=O) groups is 1. The normalized spacial score (nSPS) is 11.3. The van der Waals surface area contributed by atoms with Gasteiger partial charge in [-0.1, -0.05) is 35.9 Å². The Morgan fingerprint density at radius 2 is 1.59 bits per heavy atom. The van der Waals surface area contributed by atoms with Crippen LogP contribution in [0.2, 0.25) is 0 Å². The molecule has 4 rings (SSSR count). The second-order valence-corrected chi connectivity index (χ2v) is 10.7. The van der Waals surface area contributed by atoms with Gasteiger partial charge in [0.1, 0.15) is 20.5 Å². The molecule has 0 aliphatic carbocycles. The number of hydrogen-bond acceptors (Lipinski definition) is 7. The number of methoxy groups -OCH3 is 1. The fraction of sp³-hybridized carbons (Fsp3) is 0.115. The van der Waals surface area contributed by atoms with E-state index in [0.717, 1.165) is 28.2 Å². The lowest BCUT2D eigenvalue weighted by molar-refractivity contribution is 0.104. The number of nitrogen functional groups attached to an aromatic ring is 1. The van der Waals surface area contributed by atoms with Gasteiger partial charge in [-0.15, -0.1) is 11.3 Å². The van der Waals surface area contributed by atoms with Crippen LogP contribution >= 0.6 is 11.3 Å². The van der Waals surface area contributed by atoms with Crippen molar-refractivity contribution in [2.45, 2.75) is 23.6 Å². The van der Waals surface area contributed by atoms with Gasteiger partial charge in [0.05, 0.1) is 17.7 Å². The highest BCUT2D eigenvalue weighted by atomic mass is 32.2. The number of rotatable bonds is 7. The Morgan fingerprint density at radius 1 is 0.941 bits per heavy atom. The molecule has 0 bridgehead atoms. The Bertz CT molecular complexity index is 1460. The number of ketones is 1. The van der Waals surface area contributed by atoms with Crippen LogP contribution in [0.3, 0.4) is 0 Å². The van der Waals surface area contributed by atoms with Crippen molar-refractivity contribution in [3.63, 3.8) is 0 Å². The molecule has 34 heavy (non-hydrogen) atoms. The largest absolute Gasteiger partial charge is 0.497 e. The zero-order valence-corrected chi connectivity index (χ0v) is 20.6. The third-order valence-electron chi connectivity index (χ3n) is 5.45. The van der Waals surface area contributed by atoms with Crippen molar-refractivity contribution in [3.05, 3.63) is 94.4 Å². The van der Waals surface area contributed by atoms with Gasteiger partial charge in [-0.05, 0) is 61.9 Å². The minimum atomic E-state index is -4.00. The van der Waals surface area contributed by atoms with Crippen molar-refractivity contribution >= 4 is 43.3 Å². The summed E-state index contributed by atoms with van der Waals surface area (Å²) in [6.07, 6.45) is 0. The van der Waals surface area contributed by atoms with Crippen LogP contribution in [-0.4, -0.2) is 21.3 Å². The lowest BCUT2D eigenvalue weighted by atomic mass is 10.1. The van der Waals surface area contributed by atoms with Crippen molar-refractivity contribution in [3.8, 4) is 5.75 Å². The fourth-order valence-corrected chi connectivity index (χ4v) is 6.42. The monoisotopic (exact) mass is 492 g/mol. The topological polar surface area (TPSA) is 98.5 Å². The zero-order valence-electron chi connectivity index (χ0n) is 19.0. The number of nitrogens with one attached hydrogen (secondary N) is 1. The summed E-state index contributed by atoms with van der Waals surface area (Å²) in [6, 6.07) is 20.7. The van der Waals surface area contributed by atoms with E-state index in [1.165, 1.54) is 0 Å². The number of sulfone groups is 1. The molecule has 0 aliphatic heterocycles. The molecule has 3 aromatic carbocycles. The van der Waals surface area contributed by atoms with Crippen molar-refractivity contribution in [2.75, 3.05) is 18.2 Å². The number of thiophene rings is 1. The molecule has 0 aliphatic rings. The molecule has 0 spiro atoms. The Morgan fingerprint density at radius 3 is 2.21 bits per heavy atom. The van der Waals surface area contributed by atoms with Crippen molar-refractivity contribution < 1.29 is 17.9 Å². The first-order chi connectivity index (χ1) is 16.2. The first-order valence-electron chi connectivity index (χ1n) is 10.5. The van der Waals surface area contributed by atoms with Gasteiger partial charge in [-0.3, -0.25) is 4.79 Å². The van der Waals surface area contributed by atoms with Gasteiger partial charge in [-0.25, -0.2) is 8.42 Å². The van der Waals surface area contributed by atoms with E-state index >= 15 is 0 Å². The third-order valence-corrected chi connectivity index (χ3v) is 8.55. The maximum absolute atomic E-state index is 13.7. The quantitative estimate of drug-likeness (QED) is 0.318. The van der Waals surface area contributed by atoms with Crippen LogP contribution in [0.5, 0.6) is 5.75 Å². The first-order valence-corrected chi connectivity index (χ1v) is 12.8. The van der Waals surface area contributed by atoms with Crippen LogP contribution in [0.4, 0.5) is 16.4 Å². The summed E-state index contributed by atoms with van der Waals surface area (Å²) in [5.74, 6) is 0.253. The number of aryl methyl sites for hydroxylation is 2. The highest BCUT2D eigenvalue weighted by Gasteiger charge is 2.31. The number of carbonyl (C=O) groups excluding carboxylic acids is 1. The molecule has 3 N–H and O–H groups in total. The number of benzene rings is 3. The number of para-hydroxylation sites is 1. The Balaban J connectivity index is 1.87. The standard InChI is InChI=1S/C26H24N2O4S2/c1-16-8-14-20(15-9-16)34(30,31)25-22(27)24(23(29)18-10-12-19(32-3)13-11-18)33-26(25)28-21-7-5-4-6-17(21)2/h4-15,28H,27H2,1-3H3. The van der Waals surface area contributed by atoms with Crippen LogP contribution < -0.4 is 15.8 Å². The predicted octanol–water partition coefficient (Wildman–Crippen LogP) is 5.76. The molecule has 4 aromatic rings. The summed E-state index contributed by atoms with van der Waals surface area (Å²) in [4.78, 5) is 13.5. The highest BCUT2D eigenvalue weighted by molar-refractivity contribution is 7.92. The molecular formula is C26H24N2O4S2. The summed E-state index contributed by atoms with van der Waals surface area (Å²) < 4.78 is 32.5. The summed E-state index contributed by atoms with van der Waals surface area (Å²) in [7, 11) is -2.46. The molecule has 174 valence electrons. The number of nitrogens with two attached hydrogens (primary N) is 1. The lowest BCUT2D eigenvalue weighted by Crippen LogP contribution is -2.08. The first kappa shape index (κ1) is 23.5. The molecule has 1 aromatic heterocycles. The lowest BCUT2D eigenvalue weighted by Gasteiger charge is -2.11. The molecule has 0 unspecified atom stereocenters. The minimum absolute atomic E-state index is 0.0672. The van der Waals surface area contributed by atoms with Crippen LogP contribution in [-0.2, 0) is 9.84 Å². The van der Waals surface area contributed by atoms with E-state index < -0.39 is 9.84 Å². The summed E-state index contributed by atoms with van der Waals surface area (Å²) >= 11 is 1.03. The minimum Gasteiger partial charge on any atom is -0.497 e. The van der Waals surface area contributed by atoms with Crippen molar-refractivity contribution in [1.82, 2.24) is 0 Å². The van der Waals surface area contributed by atoms with Gasteiger partial charge >= 0.3 is 0 Å². The van der Waals surface area contributed by atoms with Crippen molar-refractivity contribution in [2.24, 2.45) is 0 Å². The second kappa shape index (κ2) is 9.32. The molecule has 8 heteroatoms. The average Bonchev–Trinajstić information content (AvgIpc) is 3.16. The molecule has 0 saturated carbocycles. The van der Waals surface area contributed by atoms with Crippen molar-refractivity contribution in [1.29, 1.82) is 0 Å². The molecule has 0 saturated heterocycles. The van der Waals surface area contributed by atoms with Crippen LogP contribution in [0, 0.1) is 13.8 Å². The van der Waals surface area contributed by atoms with E-state index in [1.54, 1.807) is 55.6 Å². The smallest absolute Gasteiger partial charge is 0.211 e. The van der Waals surface area contributed by atoms with E-state index in [9.17, 15) is 13.2 Å². The number of anilines is 3. The molecule has 0 fully saturated rings. The molecule has 0 radical (unpaired) electrons. The Kier molecular flexibility index (Phi) is 6.45. The Labute approximate surface area is 202 Å². The van der Waals surface area contributed by atoms with E-state index in [4.69, 9.17) is 10.5 Å². The average molecular weight is 493 g/mol. The molecule has 0 atom stereocenters. The molecule has 6 nitrogen and oxygen atoms in total. The maximum Gasteiger partial charge on any atom is 0.211 e. The van der Waals surface area contributed by atoms with Gasteiger partial charge in [-0.2, -0.15) is 0 Å². The third kappa shape index (κ3) is 4.42. The van der Waals surface area contributed by atoms with Crippen LogP contribution in [0.1, 0.15) is 26.4 Å². The van der Waals surface area contributed by atoms with E-state index in [-0.39, 0.29) is 26.1 Å². The zero-order chi connectivity index (χ0) is 24.5. The predicted molar refractivity (Wildman–Crippen MR) is 136 cm³/mol. The van der Waals surface area contributed by atoms with Gasteiger partial charge < -0.3 is 15.8 Å². The van der Waals surface area contributed by atoms with E-state index in [1.807, 2.05) is 38.1 Å². The van der Waals surface area contributed by atoms with Crippen LogP contribution in [0.15, 0.2) is 82.6 Å². The van der Waals surface area contributed by atoms with Crippen LogP contribution in [0.25, 0.3) is 0 Å². The number of hydrogen-bond donors (Lipinski definition) is 2. The summed E-state index contributed by atoms with van der Waals surface area (Å²) in [5.41, 5.74) is 9.30. The molecular weight excluding hydrogens is 468 g/mol. The highest BCUT2D eigenvalue weighted by Crippen LogP contribution is 2.44. The SMILES string of the molecule is COc1ccc(C(=O)c2sc(Nc3ccccc3C)c(S(=O)(=O)c3ccc(C)cc3)c2N)cc1. The van der Waals surface area contributed by atoms with E-state index in [0.29, 0.717) is 16.3 Å².